The van der Waals surface area contributed by atoms with Crippen LogP contribution in [0.3, 0.4) is 0 Å². The molecule has 0 radical (unpaired) electrons. The summed E-state index contributed by atoms with van der Waals surface area (Å²) in [6.45, 7) is 5.70. The Balaban J connectivity index is 2.27. The molecule has 104 valence electrons. The van der Waals surface area contributed by atoms with Crippen LogP contribution < -0.4 is 11.1 Å². The third-order valence-corrected chi connectivity index (χ3v) is 3.39. The van der Waals surface area contributed by atoms with Crippen molar-refractivity contribution in [1.82, 2.24) is 0 Å². The second kappa shape index (κ2) is 5.25. The molecule has 0 spiro atoms. The first-order valence-electron chi connectivity index (χ1n) is 6.36. The maximum atomic E-state index is 12.1. The lowest BCUT2D eigenvalue weighted by molar-refractivity contribution is 0.102. The molecule has 4 N–H and O–H groups in total. The van der Waals surface area contributed by atoms with Gasteiger partial charge in [0.25, 0.3) is 5.91 Å². The molecule has 0 saturated carbocycles. The van der Waals surface area contributed by atoms with Gasteiger partial charge in [0, 0.05) is 5.56 Å². The molecule has 0 aliphatic rings. The number of hydrogen-bond donors (Lipinski definition) is 3. The normalized spacial score (nSPS) is 10.3. The Hall–Kier alpha value is -2.49. The number of nitrogens with two attached hydrogens (primary N) is 1. The van der Waals surface area contributed by atoms with Gasteiger partial charge in [0.1, 0.15) is 5.75 Å². The summed E-state index contributed by atoms with van der Waals surface area (Å²) in [7, 11) is 0. The van der Waals surface area contributed by atoms with Crippen LogP contribution in [-0.2, 0) is 0 Å². The highest BCUT2D eigenvalue weighted by molar-refractivity contribution is 6.06. The Morgan fingerprint density at radius 2 is 1.70 bits per heavy atom. The van der Waals surface area contributed by atoms with Gasteiger partial charge in [-0.15, -0.1) is 0 Å². The number of carbonyl (C=O) groups is 1. The van der Waals surface area contributed by atoms with Gasteiger partial charge in [-0.1, -0.05) is 6.07 Å². The maximum Gasteiger partial charge on any atom is 0.255 e. The lowest BCUT2D eigenvalue weighted by Gasteiger charge is -2.11. The predicted octanol–water partition coefficient (Wildman–Crippen LogP) is 3.15. The van der Waals surface area contributed by atoms with Crippen LogP contribution in [0.25, 0.3) is 0 Å². The molecular weight excluding hydrogens is 252 g/mol. The number of anilines is 2. The van der Waals surface area contributed by atoms with Gasteiger partial charge < -0.3 is 16.2 Å². The van der Waals surface area contributed by atoms with Gasteiger partial charge in [0.05, 0.1) is 11.4 Å². The van der Waals surface area contributed by atoms with E-state index in [1.165, 1.54) is 6.07 Å². The number of aromatic hydroxyl groups is 1. The lowest BCUT2D eigenvalue weighted by atomic mass is 10.1. The fourth-order valence-electron chi connectivity index (χ4n) is 1.89. The molecule has 0 heterocycles. The highest BCUT2D eigenvalue weighted by Crippen LogP contribution is 2.24. The van der Waals surface area contributed by atoms with Crippen LogP contribution in [0.1, 0.15) is 27.0 Å². The SMILES string of the molecule is Cc1cc(N)c(NC(=O)c2ccc(C)c(O)c2)cc1C. The molecule has 0 aliphatic heterocycles. The number of phenolic OH excluding ortho intramolecular Hbond substituents is 1. The molecule has 4 heteroatoms. The minimum atomic E-state index is -0.296. The third kappa shape index (κ3) is 2.74. The van der Waals surface area contributed by atoms with E-state index in [2.05, 4.69) is 5.32 Å². The monoisotopic (exact) mass is 270 g/mol. The molecule has 2 rings (SSSR count). The summed E-state index contributed by atoms with van der Waals surface area (Å²) in [5, 5.41) is 12.4. The number of rotatable bonds is 2. The van der Waals surface area contributed by atoms with Crippen molar-refractivity contribution in [2.75, 3.05) is 11.1 Å². The molecule has 20 heavy (non-hydrogen) atoms. The largest absolute Gasteiger partial charge is 0.508 e. The summed E-state index contributed by atoms with van der Waals surface area (Å²) in [5.41, 5.74) is 10.3. The zero-order valence-corrected chi connectivity index (χ0v) is 11.8. The van der Waals surface area contributed by atoms with E-state index in [0.717, 1.165) is 16.7 Å². The van der Waals surface area contributed by atoms with Crippen molar-refractivity contribution in [2.45, 2.75) is 20.8 Å². The number of nitrogen functional groups attached to an aromatic ring is 1. The topological polar surface area (TPSA) is 75.3 Å². The zero-order valence-electron chi connectivity index (χ0n) is 11.8. The van der Waals surface area contributed by atoms with Crippen molar-refractivity contribution in [3.05, 3.63) is 52.6 Å². The standard InChI is InChI=1S/C16H18N2O2/c1-9-4-5-12(8-15(9)19)16(20)18-14-7-11(3)10(2)6-13(14)17/h4-8,19H,17H2,1-3H3,(H,18,20). The number of aryl methyl sites for hydroxylation is 3. The second-order valence-corrected chi connectivity index (χ2v) is 4.98. The molecule has 1 amide bonds. The number of carbonyl (C=O) groups excluding carboxylic acids is 1. The van der Waals surface area contributed by atoms with Crippen LogP contribution in [0, 0.1) is 20.8 Å². The first-order chi connectivity index (χ1) is 9.38. The fourth-order valence-corrected chi connectivity index (χ4v) is 1.89. The molecule has 0 bridgehead atoms. The predicted molar refractivity (Wildman–Crippen MR) is 81.1 cm³/mol. The van der Waals surface area contributed by atoms with Gasteiger partial charge in [0.15, 0.2) is 0 Å². The fraction of sp³-hybridized carbons (Fsp3) is 0.188. The van der Waals surface area contributed by atoms with E-state index < -0.39 is 0 Å². The molecule has 4 nitrogen and oxygen atoms in total. The van der Waals surface area contributed by atoms with Crippen molar-refractivity contribution in [2.24, 2.45) is 0 Å². The summed E-state index contributed by atoms with van der Waals surface area (Å²) >= 11 is 0. The Bertz CT molecular complexity index is 678. The quantitative estimate of drug-likeness (QED) is 0.734. The van der Waals surface area contributed by atoms with Gasteiger partial charge in [0.2, 0.25) is 0 Å². The average Bonchev–Trinajstić information content (AvgIpc) is 2.39. The van der Waals surface area contributed by atoms with Crippen molar-refractivity contribution in [3.63, 3.8) is 0 Å². The zero-order chi connectivity index (χ0) is 14.9. The highest BCUT2D eigenvalue weighted by atomic mass is 16.3. The smallest absolute Gasteiger partial charge is 0.255 e. The van der Waals surface area contributed by atoms with Gasteiger partial charge in [-0.2, -0.15) is 0 Å². The summed E-state index contributed by atoms with van der Waals surface area (Å²) < 4.78 is 0. The van der Waals surface area contributed by atoms with Crippen LogP contribution in [0.2, 0.25) is 0 Å². The number of phenols is 1. The average molecular weight is 270 g/mol. The molecule has 0 fully saturated rings. The molecule has 2 aromatic carbocycles. The van der Waals surface area contributed by atoms with Gasteiger partial charge in [-0.05, 0) is 61.7 Å². The minimum absolute atomic E-state index is 0.103. The van der Waals surface area contributed by atoms with Crippen LogP contribution in [0.5, 0.6) is 5.75 Å². The minimum Gasteiger partial charge on any atom is -0.508 e. The molecule has 0 atom stereocenters. The number of hydrogen-bond acceptors (Lipinski definition) is 3. The Labute approximate surface area is 118 Å². The summed E-state index contributed by atoms with van der Waals surface area (Å²) in [6.07, 6.45) is 0. The van der Waals surface area contributed by atoms with Crippen LogP contribution in [-0.4, -0.2) is 11.0 Å². The van der Waals surface area contributed by atoms with E-state index >= 15 is 0 Å². The Kier molecular flexibility index (Phi) is 3.66. The van der Waals surface area contributed by atoms with Crippen LogP contribution >= 0.6 is 0 Å². The lowest BCUT2D eigenvalue weighted by Crippen LogP contribution is -2.13. The number of nitrogens with one attached hydrogen (secondary N) is 1. The van der Waals surface area contributed by atoms with Gasteiger partial charge in [-0.25, -0.2) is 0 Å². The highest BCUT2D eigenvalue weighted by Gasteiger charge is 2.10. The maximum absolute atomic E-state index is 12.1. The first kappa shape index (κ1) is 13.9. The third-order valence-electron chi connectivity index (χ3n) is 3.39. The van der Waals surface area contributed by atoms with Crippen molar-refractivity contribution in [1.29, 1.82) is 0 Å². The van der Waals surface area contributed by atoms with Crippen LogP contribution in [0.4, 0.5) is 11.4 Å². The molecule has 0 unspecified atom stereocenters. The van der Waals surface area contributed by atoms with E-state index in [1.807, 2.05) is 26.0 Å². The number of benzene rings is 2. The molecule has 2 aromatic rings. The van der Waals surface area contributed by atoms with E-state index in [-0.39, 0.29) is 11.7 Å². The molecule has 0 saturated heterocycles. The second-order valence-electron chi connectivity index (χ2n) is 4.98. The van der Waals surface area contributed by atoms with E-state index in [4.69, 9.17) is 5.73 Å². The van der Waals surface area contributed by atoms with Gasteiger partial charge >= 0.3 is 0 Å². The molecule has 0 aromatic heterocycles. The molecular formula is C16H18N2O2. The molecule has 0 aliphatic carbocycles. The van der Waals surface area contributed by atoms with E-state index in [1.54, 1.807) is 19.1 Å². The summed E-state index contributed by atoms with van der Waals surface area (Å²) in [6, 6.07) is 8.49. The van der Waals surface area contributed by atoms with E-state index in [0.29, 0.717) is 16.9 Å². The summed E-state index contributed by atoms with van der Waals surface area (Å²) in [5.74, 6) is -0.194. The summed E-state index contributed by atoms with van der Waals surface area (Å²) in [4.78, 5) is 12.1. The first-order valence-corrected chi connectivity index (χ1v) is 6.36. The van der Waals surface area contributed by atoms with Crippen molar-refractivity contribution < 1.29 is 9.90 Å². The van der Waals surface area contributed by atoms with Crippen LogP contribution in [0.15, 0.2) is 30.3 Å². The van der Waals surface area contributed by atoms with Crippen molar-refractivity contribution >= 4 is 17.3 Å². The Morgan fingerprint density at radius 3 is 2.35 bits per heavy atom. The Morgan fingerprint density at radius 1 is 1.05 bits per heavy atom. The van der Waals surface area contributed by atoms with Gasteiger partial charge in [-0.3, -0.25) is 4.79 Å². The van der Waals surface area contributed by atoms with Crippen molar-refractivity contribution in [3.8, 4) is 5.75 Å². The van der Waals surface area contributed by atoms with E-state index in [9.17, 15) is 9.90 Å². The number of amides is 1.